The first-order chi connectivity index (χ1) is 25.8. The number of pyridine rings is 2. The molecule has 0 aliphatic carbocycles. The molecule has 0 aliphatic rings. The first-order valence-electron chi connectivity index (χ1n) is 19.5. The Morgan fingerprint density at radius 1 is 0.741 bits per heavy atom. The zero-order chi connectivity index (χ0) is 39.5. The van der Waals surface area contributed by atoms with Gasteiger partial charge in [-0.2, -0.15) is 0 Å². The molecule has 8 rings (SSSR count). The Kier molecular flexibility index (Phi) is 10.4. The van der Waals surface area contributed by atoms with Crippen molar-refractivity contribution in [3.05, 3.63) is 138 Å². The number of nitrogens with zero attached hydrogens (tertiary/aromatic N) is 2. The topological polar surface area (TPSA) is 38.9 Å². The Morgan fingerprint density at radius 3 is 2.17 bits per heavy atom. The second-order valence-electron chi connectivity index (χ2n) is 16.6. The number of rotatable bonds is 5. The summed E-state index contributed by atoms with van der Waals surface area (Å²) < 4.78 is 23.6. The minimum absolute atomic E-state index is 0. The Labute approximate surface area is 338 Å². The van der Waals surface area contributed by atoms with E-state index in [4.69, 9.17) is 7.16 Å². The number of hydrogen-bond donors (Lipinski definition) is 0. The van der Waals surface area contributed by atoms with Crippen LogP contribution in [0.15, 0.2) is 114 Å². The summed E-state index contributed by atoms with van der Waals surface area (Å²) in [6, 6.07) is 39.9. The smallest absolute Gasteiger partial charge is 0.121 e. The summed E-state index contributed by atoms with van der Waals surface area (Å²) in [5.74, 6) is -1.32. The quantitative estimate of drug-likeness (QED) is 0.0981. The van der Waals surface area contributed by atoms with Crippen LogP contribution in [0, 0.1) is 12.1 Å². The van der Waals surface area contributed by atoms with Gasteiger partial charge in [-0.25, -0.2) is 0 Å². The van der Waals surface area contributed by atoms with Crippen molar-refractivity contribution in [3.8, 4) is 22.5 Å². The fourth-order valence-corrected chi connectivity index (χ4v) is 8.73. The molecule has 0 amide bonds. The van der Waals surface area contributed by atoms with E-state index in [1.165, 1.54) is 32.3 Å². The Bertz CT molecular complexity index is 2700. The number of aromatic nitrogens is 2. The molecule has 3 aromatic heterocycles. The van der Waals surface area contributed by atoms with Gasteiger partial charge in [0.15, 0.2) is 0 Å². The summed E-state index contributed by atoms with van der Waals surface area (Å²) in [7, 11) is -1.50. The third-order valence-corrected chi connectivity index (χ3v) is 12.1. The third-order valence-electron chi connectivity index (χ3n) is 10.0. The molecule has 277 valence electrons. The molecule has 54 heavy (non-hydrogen) atoms. The third kappa shape index (κ3) is 7.73. The van der Waals surface area contributed by atoms with E-state index in [2.05, 4.69) is 123 Å². The van der Waals surface area contributed by atoms with E-state index in [1.807, 2.05) is 70.3 Å². The molecule has 0 unspecified atom stereocenters. The van der Waals surface area contributed by atoms with Gasteiger partial charge in [-0.3, -0.25) is 0 Å². The minimum atomic E-state index is -1.50. The molecule has 0 bridgehead atoms. The van der Waals surface area contributed by atoms with Gasteiger partial charge in [-0.05, 0) is 73.5 Å². The Balaban J connectivity index is 0.000000217. The summed E-state index contributed by atoms with van der Waals surface area (Å²) in [5.41, 5.74) is 8.31. The molecule has 8 aromatic rings. The zero-order valence-electron chi connectivity index (χ0n) is 35.0. The average molecular weight is 905 g/mol. The number of benzene rings is 5. The molecular weight excluding hydrogens is 853 g/mol. The molecule has 0 N–H and O–H groups in total. The minimum Gasteiger partial charge on any atom is -0.501 e. The van der Waals surface area contributed by atoms with Crippen LogP contribution in [0.5, 0.6) is 0 Å². The normalized spacial score (nSPS) is 13.0. The number of fused-ring (bicyclic) bond motifs is 6. The van der Waals surface area contributed by atoms with Crippen LogP contribution in [0.3, 0.4) is 0 Å². The van der Waals surface area contributed by atoms with Crippen molar-refractivity contribution in [2.75, 3.05) is 0 Å². The second-order valence-corrected chi connectivity index (χ2v) is 21.6. The number of hydrogen-bond acceptors (Lipinski definition) is 3. The molecule has 0 saturated heterocycles. The van der Waals surface area contributed by atoms with Crippen LogP contribution < -0.4 is 5.19 Å². The molecule has 0 aliphatic heterocycles. The molecule has 5 heteroatoms. The van der Waals surface area contributed by atoms with Crippen molar-refractivity contribution in [3.63, 3.8) is 0 Å². The summed E-state index contributed by atoms with van der Waals surface area (Å²) in [4.78, 5) is 9.27. The van der Waals surface area contributed by atoms with Crippen LogP contribution in [-0.2, 0) is 25.5 Å². The largest absolute Gasteiger partial charge is 0.501 e. The first kappa shape index (κ1) is 36.6. The molecule has 3 heterocycles. The van der Waals surface area contributed by atoms with Gasteiger partial charge in [0.2, 0.25) is 0 Å². The van der Waals surface area contributed by atoms with Gasteiger partial charge >= 0.3 is 0 Å². The van der Waals surface area contributed by atoms with E-state index in [0.717, 1.165) is 55.6 Å². The van der Waals surface area contributed by atoms with E-state index in [-0.39, 0.29) is 25.5 Å². The SMILES string of the molecule is [2H]C(C)(C)c1cc(-c2[c-]cccc2)ncc1[Si](C)(C)C.[2H]C(C)(C)c1ccnc(-c2[c-]cc(C(C)(C)C)c3c2oc2cc4c(ccc5ccccc54)cc23)c1.[Ir]. The van der Waals surface area contributed by atoms with Gasteiger partial charge in [0.05, 0.1) is 13.7 Å². The van der Waals surface area contributed by atoms with Crippen molar-refractivity contribution >= 4 is 56.7 Å². The van der Waals surface area contributed by atoms with Crippen LogP contribution in [0.25, 0.3) is 66.0 Å². The van der Waals surface area contributed by atoms with Gasteiger partial charge in [0, 0.05) is 40.6 Å². The summed E-state index contributed by atoms with van der Waals surface area (Å²) in [6.45, 7) is 21.3. The molecule has 0 spiro atoms. The predicted molar refractivity (Wildman–Crippen MR) is 229 cm³/mol. The molecule has 3 nitrogen and oxygen atoms in total. The average Bonchev–Trinajstić information content (AvgIpc) is 3.51. The second kappa shape index (κ2) is 15.4. The van der Waals surface area contributed by atoms with E-state index < -0.39 is 19.9 Å². The van der Waals surface area contributed by atoms with Crippen LogP contribution >= 0.6 is 0 Å². The van der Waals surface area contributed by atoms with Gasteiger partial charge in [-0.1, -0.05) is 139 Å². The zero-order valence-corrected chi connectivity index (χ0v) is 36.4. The van der Waals surface area contributed by atoms with Crippen LogP contribution in [0.2, 0.25) is 19.6 Å². The number of furan rings is 1. The standard InChI is InChI=1S/C32H28NO.C17H22NSi.Ir/c1-19(2)21-14-15-33-28(17-21)24-12-13-27(32(3,4)5)30-26-16-22-11-10-20-8-6-7-9-23(20)25(22)18-29(26)34-31(24)30;1-13(2)15-11-16(14-9-7-6-8-10-14)18-12-17(15)19(3,4)5;/h6-11,13-19H,1-5H3;6-9,11-13H,1-5H3;/q2*-1;/i19D;13D;. The Morgan fingerprint density at radius 2 is 1.48 bits per heavy atom. The van der Waals surface area contributed by atoms with Gasteiger partial charge < -0.3 is 14.4 Å². The van der Waals surface area contributed by atoms with E-state index >= 15 is 0 Å². The van der Waals surface area contributed by atoms with Crippen LogP contribution in [0.4, 0.5) is 0 Å². The van der Waals surface area contributed by atoms with E-state index in [9.17, 15) is 0 Å². The van der Waals surface area contributed by atoms with E-state index in [0.29, 0.717) is 0 Å². The van der Waals surface area contributed by atoms with Crippen LogP contribution in [-0.4, -0.2) is 18.0 Å². The monoisotopic (exact) mass is 905 g/mol. The van der Waals surface area contributed by atoms with Crippen LogP contribution in [0.1, 0.15) is 79.7 Å². The maximum atomic E-state index is 8.49. The van der Waals surface area contributed by atoms with Crippen molar-refractivity contribution in [2.45, 2.75) is 85.3 Å². The Hall–Kier alpha value is -4.41. The maximum Gasteiger partial charge on any atom is 0.121 e. The summed E-state index contributed by atoms with van der Waals surface area (Å²) >= 11 is 0. The molecule has 0 fully saturated rings. The van der Waals surface area contributed by atoms with Gasteiger partial charge in [0.1, 0.15) is 5.58 Å². The van der Waals surface area contributed by atoms with Crippen molar-refractivity contribution in [2.24, 2.45) is 0 Å². The fraction of sp³-hybridized carbons (Fsp3) is 0.265. The van der Waals surface area contributed by atoms with Crippen molar-refractivity contribution in [1.29, 1.82) is 0 Å². The molecule has 0 atom stereocenters. The van der Waals surface area contributed by atoms with Gasteiger partial charge in [0.25, 0.3) is 0 Å². The fourth-order valence-electron chi connectivity index (χ4n) is 7.15. The predicted octanol–water partition coefficient (Wildman–Crippen LogP) is 13.4. The molecule has 0 saturated carbocycles. The van der Waals surface area contributed by atoms with E-state index in [1.54, 1.807) is 6.20 Å². The van der Waals surface area contributed by atoms with Crippen molar-refractivity contribution in [1.82, 2.24) is 9.97 Å². The molecule has 5 aromatic carbocycles. The molecular formula is C49H50IrN2OSi-2. The summed E-state index contributed by atoms with van der Waals surface area (Å²) in [5, 5.41) is 8.34. The first-order valence-corrected chi connectivity index (χ1v) is 22.0. The molecule has 1 radical (unpaired) electrons. The summed E-state index contributed by atoms with van der Waals surface area (Å²) in [6.07, 6.45) is 3.76. The maximum absolute atomic E-state index is 8.49. The van der Waals surface area contributed by atoms with Gasteiger partial charge in [-0.15, -0.1) is 53.6 Å². The van der Waals surface area contributed by atoms with Crippen molar-refractivity contribution < 1.29 is 27.3 Å².